The fourth-order valence-corrected chi connectivity index (χ4v) is 3.63. The van der Waals surface area contributed by atoms with E-state index in [0.29, 0.717) is 21.9 Å². The predicted molar refractivity (Wildman–Crippen MR) is 92.6 cm³/mol. The second-order valence-corrected chi connectivity index (χ2v) is 7.77. The average molecular weight is 353 g/mol. The van der Waals surface area contributed by atoms with Gasteiger partial charge in [0.25, 0.3) is 5.91 Å². The van der Waals surface area contributed by atoms with Crippen LogP contribution >= 0.6 is 23.1 Å². The lowest BCUT2D eigenvalue weighted by molar-refractivity contribution is -0.122. The molecule has 124 valence electrons. The molecule has 0 aliphatic heterocycles. The third kappa shape index (κ3) is 5.40. The van der Waals surface area contributed by atoms with Gasteiger partial charge in [0.1, 0.15) is 11.5 Å². The molecule has 6 nitrogen and oxygen atoms in total. The number of amides is 1. The highest BCUT2D eigenvalue weighted by molar-refractivity contribution is 8.01. The van der Waals surface area contributed by atoms with Crippen LogP contribution in [0.25, 0.3) is 0 Å². The van der Waals surface area contributed by atoms with Crippen LogP contribution < -0.4 is 14.8 Å². The van der Waals surface area contributed by atoms with Crippen LogP contribution in [0.1, 0.15) is 20.8 Å². The van der Waals surface area contributed by atoms with Crippen molar-refractivity contribution in [2.45, 2.75) is 36.5 Å². The van der Waals surface area contributed by atoms with Crippen LogP contribution in [0.15, 0.2) is 28.6 Å². The molecule has 1 aromatic heterocycles. The number of carbonyl (C=O) groups excluding carboxylic acids is 1. The molecule has 0 aliphatic carbocycles. The molecule has 23 heavy (non-hydrogen) atoms. The highest BCUT2D eigenvalue weighted by Crippen LogP contribution is 2.28. The fourth-order valence-electron chi connectivity index (χ4n) is 1.65. The second kappa shape index (κ2) is 8.16. The average Bonchev–Trinajstić information content (AvgIpc) is 2.93. The minimum Gasteiger partial charge on any atom is -0.497 e. The summed E-state index contributed by atoms with van der Waals surface area (Å²) in [5.74, 6) is 0.972. The van der Waals surface area contributed by atoms with Crippen LogP contribution in [-0.2, 0) is 4.79 Å². The van der Waals surface area contributed by atoms with Crippen molar-refractivity contribution < 1.29 is 14.3 Å². The molecule has 0 radical (unpaired) electrons. The summed E-state index contributed by atoms with van der Waals surface area (Å²) < 4.78 is 11.6. The van der Waals surface area contributed by atoms with E-state index in [4.69, 9.17) is 9.47 Å². The van der Waals surface area contributed by atoms with E-state index < -0.39 is 6.10 Å². The molecule has 0 saturated carbocycles. The molecule has 1 amide bonds. The summed E-state index contributed by atoms with van der Waals surface area (Å²) in [5, 5.41) is 11.6. The maximum Gasteiger partial charge on any atom is 0.266 e. The molecule has 1 heterocycles. The van der Waals surface area contributed by atoms with Gasteiger partial charge in [-0.15, -0.1) is 10.2 Å². The Morgan fingerprint density at radius 2 is 2.00 bits per heavy atom. The molecule has 0 unspecified atom stereocenters. The standard InChI is InChI=1S/C15H19N3O3S2/c1-9(2)22-15-18-17-14(23-15)16-13(19)10(3)21-12-7-5-6-11(8-12)20-4/h5-10H,1-4H3,(H,16,17,19)/t10-/m0/s1. The first-order valence-corrected chi connectivity index (χ1v) is 8.79. The van der Waals surface area contributed by atoms with Crippen molar-refractivity contribution >= 4 is 34.1 Å². The van der Waals surface area contributed by atoms with Gasteiger partial charge >= 0.3 is 0 Å². The number of hydrogen-bond acceptors (Lipinski definition) is 7. The van der Waals surface area contributed by atoms with E-state index in [1.54, 1.807) is 44.0 Å². The molecule has 1 atom stereocenters. The third-order valence-corrected chi connectivity index (χ3v) is 4.62. The third-order valence-electron chi connectivity index (χ3n) is 2.70. The number of nitrogens with one attached hydrogen (secondary N) is 1. The zero-order valence-electron chi connectivity index (χ0n) is 13.4. The van der Waals surface area contributed by atoms with Gasteiger partial charge in [0.15, 0.2) is 10.4 Å². The summed E-state index contributed by atoms with van der Waals surface area (Å²) in [4.78, 5) is 12.2. The number of anilines is 1. The van der Waals surface area contributed by atoms with E-state index in [9.17, 15) is 4.79 Å². The lowest BCUT2D eigenvalue weighted by Crippen LogP contribution is -2.30. The van der Waals surface area contributed by atoms with Crippen molar-refractivity contribution in [2.24, 2.45) is 0 Å². The summed E-state index contributed by atoms with van der Waals surface area (Å²) >= 11 is 2.96. The number of ether oxygens (including phenoxy) is 2. The minimum absolute atomic E-state index is 0.273. The SMILES string of the molecule is COc1cccc(O[C@@H](C)C(=O)Nc2nnc(SC(C)C)s2)c1. The van der Waals surface area contributed by atoms with Crippen LogP contribution in [0, 0.1) is 0 Å². The maximum atomic E-state index is 12.2. The Morgan fingerprint density at radius 3 is 2.70 bits per heavy atom. The summed E-state index contributed by atoms with van der Waals surface area (Å²) in [6.07, 6.45) is -0.660. The van der Waals surface area contributed by atoms with Crippen LogP contribution in [-0.4, -0.2) is 34.6 Å². The number of methoxy groups -OCH3 is 1. The Bertz CT molecular complexity index is 661. The quantitative estimate of drug-likeness (QED) is 0.607. The van der Waals surface area contributed by atoms with Gasteiger partial charge in [0.2, 0.25) is 5.13 Å². The Hall–Kier alpha value is -1.80. The van der Waals surface area contributed by atoms with Crippen LogP contribution in [0.5, 0.6) is 11.5 Å². The number of hydrogen-bond donors (Lipinski definition) is 1. The topological polar surface area (TPSA) is 73.3 Å². The second-order valence-electron chi connectivity index (χ2n) is 4.97. The normalized spacial score (nSPS) is 12.0. The van der Waals surface area contributed by atoms with Gasteiger partial charge in [0.05, 0.1) is 7.11 Å². The highest BCUT2D eigenvalue weighted by Gasteiger charge is 2.17. The van der Waals surface area contributed by atoms with Gasteiger partial charge in [0, 0.05) is 11.3 Å². The number of benzene rings is 1. The molecule has 0 spiro atoms. The van der Waals surface area contributed by atoms with E-state index >= 15 is 0 Å². The number of nitrogens with zero attached hydrogens (tertiary/aromatic N) is 2. The lowest BCUT2D eigenvalue weighted by Gasteiger charge is -2.14. The molecular formula is C15H19N3O3S2. The largest absolute Gasteiger partial charge is 0.497 e. The van der Waals surface area contributed by atoms with Crippen molar-refractivity contribution in [3.8, 4) is 11.5 Å². The van der Waals surface area contributed by atoms with Crippen molar-refractivity contribution in [1.29, 1.82) is 0 Å². The molecule has 8 heteroatoms. The first-order chi connectivity index (χ1) is 11.0. The Morgan fingerprint density at radius 1 is 1.26 bits per heavy atom. The van der Waals surface area contributed by atoms with Crippen LogP contribution in [0.4, 0.5) is 5.13 Å². The van der Waals surface area contributed by atoms with E-state index in [2.05, 4.69) is 29.4 Å². The zero-order valence-corrected chi connectivity index (χ0v) is 15.0. The van der Waals surface area contributed by atoms with E-state index in [-0.39, 0.29) is 5.91 Å². The number of aromatic nitrogens is 2. The summed E-state index contributed by atoms with van der Waals surface area (Å²) in [6, 6.07) is 7.12. The molecular weight excluding hydrogens is 334 g/mol. The predicted octanol–water partition coefficient (Wildman–Crippen LogP) is 3.45. The van der Waals surface area contributed by atoms with Gasteiger partial charge in [-0.05, 0) is 19.1 Å². The molecule has 1 N–H and O–H groups in total. The van der Waals surface area contributed by atoms with E-state index in [1.165, 1.54) is 11.3 Å². The summed E-state index contributed by atoms with van der Waals surface area (Å²) in [5.41, 5.74) is 0. The Labute approximate surface area is 143 Å². The molecule has 1 aromatic carbocycles. The highest BCUT2D eigenvalue weighted by atomic mass is 32.2. The van der Waals surface area contributed by atoms with Crippen molar-refractivity contribution in [3.63, 3.8) is 0 Å². The fraction of sp³-hybridized carbons (Fsp3) is 0.400. The Kier molecular flexibility index (Phi) is 6.23. The van der Waals surface area contributed by atoms with Crippen molar-refractivity contribution in [3.05, 3.63) is 24.3 Å². The molecule has 0 bridgehead atoms. The first-order valence-electron chi connectivity index (χ1n) is 7.09. The van der Waals surface area contributed by atoms with Gasteiger partial charge in [-0.3, -0.25) is 10.1 Å². The number of rotatable bonds is 7. The number of thioether (sulfide) groups is 1. The zero-order chi connectivity index (χ0) is 16.8. The lowest BCUT2D eigenvalue weighted by atomic mass is 10.3. The molecule has 0 aliphatic rings. The van der Waals surface area contributed by atoms with Crippen LogP contribution in [0.3, 0.4) is 0 Å². The first kappa shape index (κ1) is 17.6. The van der Waals surface area contributed by atoms with Crippen molar-refractivity contribution in [1.82, 2.24) is 10.2 Å². The molecule has 2 aromatic rings. The summed E-state index contributed by atoms with van der Waals surface area (Å²) in [6.45, 7) is 5.84. The minimum atomic E-state index is -0.660. The van der Waals surface area contributed by atoms with E-state index in [1.807, 2.05) is 6.07 Å². The van der Waals surface area contributed by atoms with Crippen LogP contribution in [0.2, 0.25) is 0 Å². The van der Waals surface area contributed by atoms with Gasteiger partial charge < -0.3 is 9.47 Å². The number of carbonyl (C=O) groups is 1. The van der Waals surface area contributed by atoms with Gasteiger partial charge in [-0.1, -0.05) is 43.0 Å². The molecule has 2 rings (SSSR count). The molecule has 0 fully saturated rings. The van der Waals surface area contributed by atoms with E-state index in [0.717, 1.165) is 4.34 Å². The smallest absolute Gasteiger partial charge is 0.266 e. The van der Waals surface area contributed by atoms with Gasteiger partial charge in [-0.25, -0.2) is 0 Å². The van der Waals surface area contributed by atoms with Crippen molar-refractivity contribution in [2.75, 3.05) is 12.4 Å². The maximum absolute atomic E-state index is 12.2. The monoisotopic (exact) mass is 353 g/mol. The Balaban J connectivity index is 1.92. The van der Waals surface area contributed by atoms with Gasteiger partial charge in [-0.2, -0.15) is 0 Å². The summed E-state index contributed by atoms with van der Waals surface area (Å²) in [7, 11) is 1.58. The molecule has 0 saturated heterocycles.